The Morgan fingerprint density at radius 3 is 2.38 bits per heavy atom. The molecule has 0 fully saturated rings. The van der Waals surface area contributed by atoms with E-state index in [1.165, 1.54) is 4.90 Å². The molecule has 0 saturated heterocycles. The van der Waals surface area contributed by atoms with Crippen molar-refractivity contribution in [1.82, 2.24) is 14.9 Å². The van der Waals surface area contributed by atoms with Crippen molar-refractivity contribution in [2.45, 2.75) is 19.4 Å². The average molecular weight is 447 g/mol. The van der Waals surface area contributed by atoms with Crippen LogP contribution in [0.5, 0.6) is 0 Å². The molecule has 0 radical (unpaired) electrons. The van der Waals surface area contributed by atoms with Crippen LogP contribution >= 0.6 is 11.5 Å². The van der Waals surface area contributed by atoms with E-state index in [9.17, 15) is 9.59 Å². The van der Waals surface area contributed by atoms with Gasteiger partial charge in [0, 0.05) is 17.6 Å². The van der Waals surface area contributed by atoms with Gasteiger partial charge in [0.15, 0.2) is 11.7 Å². The third kappa shape index (κ3) is 4.92. The van der Waals surface area contributed by atoms with Crippen LogP contribution in [0.25, 0.3) is 0 Å². The first-order chi connectivity index (χ1) is 15.6. The second-order valence-corrected chi connectivity index (χ2v) is 7.79. The molecule has 2 aromatic heterocycles. The first-order valence-electron chi connectivity index (χ1n) is 10.2. The number of hydrogen-bond acceptors (Lipinski definition) is 6. The Balaban J connectivity index is 1.66. The van der Waals surface area contributed by atoms with Crippen LogP contribution in [0.3, 0.4) is 0 Å². The first-order valence-corrected chi connectivity index (χ1v) is 11.0. The number of aromatic nitrogens is 2. The van der Waals surface area contributed by atoms with Crippen molar-refractivity contribution in [3.8, 4) is 0 Å². The molecule has 7 nitrogen and oxygen atoms in total. The molecule has 162 valence electrons. The van der Waals surface area contributed by atoms with Gasteiger partial charge >= 0.3 is 0 Å². The number of nitrogens with zero attached hydrogens (tertiary/aromatic N) is 3. The number of carbonyl (C=O) groups is 2. The number of furan rings is 1. The third-order valence-corrected chi connectivity index (χ3v) is 5.43. The number of rotatable bonds is 8. The van der Waals surface area contributed by atoms with Crippen molar-refractivity contribution in [2.75, 3.05) is 11.4 Å². The normalized spacial score (nSPS) is 11.7. The molecule has 0 spiro atoms. The fourth-order valence-electron chi connectivity index (χ4n) is 3.40. The summed E-state index contributed by atoms with van der Waals surface area (Å²) in [6.45, 7) is 2.22. The zero-order valence-corrected chi connectivity index (χ0v) is 18.3. The molecule has 2 amide bonds. The van der Waals surface area contributed by atoms with Crippen LogP contribution in [0, 0.1) is 6.92 Å². The third-order valence-electron chi connectivity index (χ3n) is 4.93. The van der Waals surface area contributed by atoms with E-state index in [-0.39, 0.29) is 11.6 Å². The van der Waals surface area contributed by atoms with Crippen molar-refractivity contribution in [3.63, 3.8) is 0 Å². The summed E-state index contributed by atoms with van der Waals surface area (Å²) in [4.78, 5) is 28.3. The lowest BCUT2D eigenvalue weighted by atomic mass is 10.1. The summed E-state index contributed by atoms with van der Waals surface area (Å²) in [6, 6.07) is 21.4. The fourth-order valence-corrected chi connectivity index (χ4v) is 3.83. The van der Waals surface area contributed by atoms with Gasteiger partial charge in [0.1, 0.15) is 11.5 Å². The van der Waals surface area contributed by atoms with Gasteiger partial charge in [-0.05, 0) is 54.7 Å². The maximum atomic E-state index is 13.4. The Labute approximate surface area is 189 Å². The lowest BCUT2D eigenvalue weighted by Gasteiger charge is -2.29. The summed E-state index contributed by atoms with van der Waals surface area (Å²) in [5, 5.41) is 8.45. The molecule has 0 unspecified atom stereocenters. The van der Waals surface area contributed by atoms with E-state index in [1.807, 2.05) is 48.5 Å². The standard InChI is InChI=1S/C24H22N4O3S/c1-17-12-13-21(31-17)22(23(29)25-15-14-18-8-4-2-5-9-18)28(19-10-6-3-7-11-19)24(30)20-16-32-27-26-20/h2-13,16,22H,14-15H2,1H3,(H,25,29)/t22-/m1/s1. The number of para-hydroxylation sites is 1. The summed E-state index contributed by atoms with van der Waals surface area (Å²) in [5.74, 6) is 0.260. The van der Waals surface area contributed by atoms with Crippen molar-refractivity contribution in [3.05, 3.63) is 101 Å². The van der Waals surface area contributed by atoms with E-state index < -0.39 is 11.9 Å². The largest absolute Gasteiger partial charge is 0.464 e. The highest BCUT2D eigenvalue weighted by Crippen LogP contribution is 2.30. The predicted octanol–water partition coefficient (Wildman–Crippen LogP) is 4.19. The van der Waals surface area contributed by atoms with E-state index in [0.717, 1.165) is 17.1 Å². The summed E-state index contributed by atoms with van der Waals surface area (Å²) in [6.07, 6.45) is 0.672. The molecule has 0 bridgehead atoms. The number of hydrogen-bond donors (Lipinski definition) is 1. The van der Waals surface area contributed by atoms with Crippen LogP contribution in [-0.4, -0.2) is 27.9 Å². The van der Waals surface area contributed by atoms with Gasteiger partial charge in [-0.3, -0.25) is 14.5 Å². The maximum Gasteiger partial charge on any atom is 0.280 e. The summed E-state index contributed by atoms with van der Waals surface area (Å²) < 4.78 is 9.62. The van der Waals surface area contributed by atoms with Gasteiger partial charge < -0.3 is 9.73 Å². The van der Waals surface area contributed by atoms with Gasteiger partial charge in [-0.15, -0.1) is 5.10 Å². The number of aryl methyl sites for hydroxylation is 1. The first kappa shape index (κ1) is 21.5. The molecule has 0 aliphatic carbocycles. The SMILES string of the molecule is Cc1ccc([C@H](C(=O)NCCc2ccccc2)N(C(=O)c2csnn2)c2ccccc2)o1. The molecule has 0 saturated carbocycles. The minimum absolute atomic E-state index is 0.171. The predicted molar refractivity (Wildman–Crippen MR) is 123 cm³/mol. The molecule has 1 atom stereocenters. The molecule has 32 heavy (non-hydrogen) atoms. The van der Waals surface area contributed by atoms with Crippen LogP contribution in [-0.2, 0) is 11.2 Å². The Morgan fingerprint density at radius 1 is 1.03 bits per heavy atom. The number of anilines is 1. The van der Waals surface area contributed by atoms with E-state index in [1.54, 1.807) is 36.6 Å². The summed E-state index contributed by atoms with van der Waals surface area (Å²) >= 11 is 1.08. The minimum atomic E-state index is -1.00. The summed E-state index contributed by atoms with van der Waals surface area (Å²) in [7, 11) is 0. The van der Waals surface area contributed by atoms with Gasteiger partial charge in [0.05, 0.1) is 0 Å². The number of nitrogens with one attached hydrogen (secondary N) is 1. The topological polar surface area (TPSA) is 88.3 Å². The maximum absolute atomic E-state index is 13.4. The number of amides is 2. The van der Waals surface area contributed by atoms with Crippen LogP contribution in [0.2, 0.25) is 0 Å². The van der Waals surface area contributed by atoms with Gasteiger partial charge in [-0.25, -0.2) is 0 Å². The molecular formula is C24H22N4O3S. The second-order valence-electron chi connectivity index (χ2n) is 7.18. The monoisotopic (exact) mass is 446 g/mol. The van der Waals surface area contributed by atoms with E-state index in [4.69, 9.17) is 4.42 Å². The number of benzene rings is 2. The molecule has 1 N–H and O–H groups in total. The Kier molecular flexibility index (Phi) is 6.72. The molecule has 4 aromatic rings. The quantitative estimate of drug-likeness (QED) is 0.439. The van der Waals surface area contributed by atoms with Crippen LogP contribution < -0.4 is 10.2 Å². The molecule has 8 heteroatoms. The molecular weight excluding hydrogens is 424 g/mol. The van der Waals surface area contributed by atoms with Crippen molar-refractivity contribution in [2.24, 2.45) is 0 Å². The van der Waals surface area contributed by atoms with Gasteiger partial charge in [-0.1, -0.05) is 53.0 Å². The molecule has 0 aliphatic heterocycles. The zero-order valence-electron chi connectivity index (χ0n) is 17.5. The van der Waals surface area contributed by atoms with Crippen LogP contribution in [0.15, 0.2) is 82.6 Å². The molecule has 2 heterocycles. The average Bonchev–Trinajstić information content (AvgIpc) is 3.50. The molecule has 0 aliphatic rings. The highest BCUT2D eigenvalue weighted by atomic mass is 32.1. The Bertz CT molecular complexity index is 1160. The molecule has 4 rings (SSSR count). The highest BCUT2D eigenvalue weighted by Gasteiger charge is 2.36. The van der Waals surface area contributed by atoms with Crippen LogP contribution in [0.4, 0.5) is 5.69 Å². The van der Waals surface area contributed by atoms with Gasteiger partial charge in [-0.2, -0.15) is 0 Å². The van der Waals surface area contributed by atoms with Gasteiger partial charge in [0.25, 0.3) is 11.8 Å². The highest BCUT2D eigenvalue weighted by molar-refractivity contribution is 7.03. The Morgan fingerprint density at radius 2 is 1.75 bits per heavy atom. The lowest BCUT2D eigenvalue weighted by molar-refractivity contribution is -0.122. The van der Waals surface area contributed by atoms with Gasteiger partial charge in [0.2, 0.25) is 0 Å². The fraction of sp³-hybridized carbons (Fsp3) is 0.167. The number of carbonyl (C=O) groups excluding carboxylic acids is 2. The van der Waals surface area contributed by atoms with Crippen molar-refractivity contribution in [1.29, 1.82) is 0 Å². The second kappa shape index (κ2) is 10.0. The van der Waals surface area contributed by atoms with Crippen LogP contribution in [0.1, 0.15) is 33.6 Å². The summed E-state index contributed by atoms with van der Waals surface area (Å²) in [5.41, 5.74) is 1.84. The Hall–Kier alpha value is -3.78. The zero-order chi connectivity index (χ0) is 22.3. The molecule has 2 aromatic carbocycles. The minimum Gasteiger partial charge on any atom is -0.464 e. The smallest absolute Gasteiger partial charge is 0.280 e. The van der Waals surface area contributed by atoms with Crippen molar-refractivity contribution < 1.29 is 14.0 Å². The van der Waals surface area contributed by atoms with E-state index in [2.05, 4.69) is 14.9 Å². The lowest BCUT2D eigenvalue weighted by Crippen LogP contribution is -2.44. The van der Waals surface area contributed by atoms with E-state index >= 15 is 0 Å². The van der Waals surface area contributed by atoms with Crippen molar-refractivity contribution >= 4 is 29.0 Å². The van der Waals surface area contributed by atoms with E-state index in [0.29, 0.717) is 30.2 Å².